The lowest BCUT2D eigenvalue weighted by atomic mass is 10.1. The lowest BCUT2D eigenvalue weighted by Crippen LogP contribution is -1.82. The molecule has 2 aromatic rings. The van der Waals surface area contributed by atoms with E-state index in [9.17, 15) is 0 Å². The second kappa shape index (κ2) is 3.75. The summed E-state index contributed by atoms with van der Waals surface area (Å²) in [5.41, 5.74) is 8.94. The number of nitrogens with two attached hydrogens (primary N) is 1. The molecular weight excluding hydrogens is 258 g/mol. The third kappa shape index (κ3) is 1.83. The molecule has 0 aliphatic rings. The maximum absolute atomic E-state index is 5.63. The fourth-order valence-electron chi connectivity index (χ4n) is 1.25. The molecule has 1 nitrogen and oxygen atoms in total. The minimum absolute atomic E-state index is 0.807. The van der Waals surface area contributed by atoms with E-state index in [0.29, 0.717) is 0 Å². The molecule has 0 spiro atoms. The maximum Gasteiger partial charge on any atom is 0.0734 e. The van der Waals surface area contributed by atoms with Gasteiger partial charge in [-0.15, -0.1) is 11.3 Å². The third-order valence-corrected chi connectivity index (χ3v) is 4.24. The first-order chi connectivity index (χ1) is 6.66. The molecule has 0 fully saturated rings. The molecule has 2 rings (SSSR count). The molecule has 1 aromatic carbocycles. The van der Waals surface area contributed by atoms with Crippen molar-refractivity contribution in [1.82, 2.24) is 0 Å². The van der Waals surface area contributed by atoms with Crippen LogP contribution in [-0.4, -0.2) is 0 Å². The predicted molar refractivity (Wildman–Crippen MR) is 66.6 cm³/mol. The van der Waals surface area contributed by atoms with Gasteiger partial charge in [0.1, 0.15) is 0 Å². The predicted octanol–water partition coefficient (Wildman–Crippen LogP) is 4.07. The fourth-order valence-corrected chi connectivity index (χ4v) is 2.79. The first-order valence-corrected chi connectivity index (χ1v) is 5.89. The number of halogens is 1. The van der Waals surface area contributed by atoms with Gasteiger partial charge in [-0.3, -0.25) is 0 Å². The van der Waals surface area contributed by atoms with Crippen molar-refractivity contribution in [2.24, 2.45) is 0 Å². The Morgan fingerprint density at radius 1 is 1.21 bits per heavy atom. The Balaban J connectivity index is 2.44. The number of hydrogen-bond acceptors (Lipinski definition) is 2. The molecule has 1 heterocycles. The zero-order valence-corrected chi connectivity index (χ0v) is 10.2. The van der Waals surface area contributed by atoms with Gasteiger partial charge in [0, 0.05) is 10.6 Å². The fraction of sp³-hybridized carbons (Fsp3) is 0.0909. The summed E-state index contributed by atoms with van der Waals surface area (Å²) in [6, 6.07) is 10.1. The van der Waals surface area contributed by atoms with Crippen LogP contribution >= 0.6 is 27.3 Å². The number of benzene rings is 1. The Morgan fingerprint density at radius 3 is 2.36 bits per heavy atom. The Morgan fingerprint density at radius 2 is 1.86 bits per heavy atom. The van der Waals surface area contributed by atoms with Gasteiger partial charge in [0.05, 0.1) is 3.79 Å². The van der Waals surface area contributed by atoms with Gasteiger partial charge in [0.15, 0.2) is 0 Å². The molecule has 1 aromatic heterocycles. The van der Waals surface area contributed by atoms with E-state index in [-0.39, 0.29) is 0 Å². The summed E-state index contributed by atoms with van der Waals surface area (Å²) in [7, 11) is 0. The Labute approximate surface area is 95.7 Å². The second-order valence-electron chi connectivity index (χ2n) is 3.19. The molecule has 0 amide bonds. The van der Waals surface area contributed by atoms with Crippen LogP contribution in [0.5, 0.6) is 0 Å². The highest BCUT2D eigenvalue weighted by Gasteiger charge is 2.04. The Hall–Kier alpha value is -0.800. The van der Waals surface area contributed by atoms with E-state index in [1.54, 1.807) is 11.3 Å². The molecule has 14 heavy (non-hydrogen) atoms. The molecule has 72 valence electrons. The van der Waals surface area contributed by atoms with Crippen molar-refractivity contribution in [3.05, 3.63) is 39.7 Å². The zero-order chi connectivity index (χ0) is 10.1. The molecule has 0 saturated heterocycles. The average Bonchev–Trinajstić information content (AvgIpc) is 2.48. The topological polar surface area (TPSA) is 26.0 Å². The zero-order valence-electron chi connectivity index (χ0n) is 7.75. The smallest absolute Gasteiger partial charge is 0.0734 e. The monoisotopic (exact) mass is 267 g/mol. The van der Waals surface area contributed by atoms with E-state index in [2.05, 4.69) is 28.9 Å². The molecule has 3 heteroatoms. The lowest BCUT2D eigenvalue weighted by Gasteiger charge is -1.97. The van der Waals surface area contributed by atoms with Gasteiger partial charge in [-0.1, -0.05) is 12.1 Å². The van der Waals surface area contributed by atoms with Crippen molar-refractivity contribution in [2.45, 2.75) is 6.92 Å². The molecular formula is C11H10BrNS. The number of nitrogen functional groups attached to an aromatic ring is 1. The quantitative estimate of drug-likeness (QED) is 0.775. The number of anilines is 1. The highest BCUT2D eigenvalue weighted by atomic mass is 79.9. The van der Waals surface area contributed by atoms with Crippen molar-refractivity contribution in [3.63, 3.8) is 0 Å². The van der Waals surface area contributed by atoms with Gasteiger partial charge < -0.3 is 5.73 Å². The molecule has 0 aliphatic carbocycles. The van der Waals surface area contributed by atoms with Gasteiger partial charge in [-0.2, -0.15) is 0 Å². The molecule has 0 saturated carbocycles. The molecule has 0 unspecified atom stereocenters. The van der Waals surface area contributed by atoms with Crippen LogP contribution in [0, 0.1) is 6.92 Å². The van der Waals surface area contributed by atoms with E-state index >= 15 is 0 Å². The van der Waals surface area contributed by atoms with Crippen LogP contribution in [-0.2, 0) is 0 Å². The number of thiophene rings is 1. The minimum atomic E-state index is 0.807. The van der Waals surface area contributed by atoms with E-state index in [1.807, 2.05) is 24.3 Å². The molecule has 0 bridgehead atoms. The summed E-state index contributed by atoms with van der Waals surface area (Å²) in [6.07, 6.45) is 0. The van der Waals surface area contributed by atoms with Crippen molar-refractivity contribution in [1.29, 1.82) is 0 Å². The molecule has 0 radical (unpaired) electrons. The van der Waals surface area contributed by atoms with Crippen LogP contribution in [0.25, 0.3) is 10.4 Å². The van der Waals surface area contributed by atoms with Crippen LogP contribution in [0.4, 0.5) is 5.69 Å². The SMILES string of the molecule is Cc1cc(-c2ccc(N)cc2)sc1Br. The summed E-state index contributed by atoms with van der Waals surface area (Å²) < 4.78 is 1.20. The average molecular weight is 268 g/mol. The summed E-state index contributed by atoms with van der Waals surface area (Å²) in [5, 5.41) is 0. The van der Waals surface area contributed by atoms with E-state index in [1.165, 1.54) is 19.8 Å². The highest BCUT2D eigenvalue weighted by molar-refractivity contribution is 9.11. The largest absolute Gasteiger partial charge is 0.399 e. The number of hydrogen-bond donors (Lipinski definition) is 1. The van der Waals surface area contributed by atoms with Gasteiger partial charge in [0.2, 0.25) is 0 Å². The number of rotatable bonds is 1. The number of aryl methyl sites for hydroxylation is 1. The van der Waals surface area contributed by atoms with Crippen LogP contribution < -0.4 is 5.73 Å². The highest BCUT2D eigenvalue weighted by Crippen LogP contribution is 2.34. The Bertz CT molecular complexity index is 425. The van der Waals surface area contributed by atoms with Crippen molar-refractivity contribution in [2.75, 3.05) is 5.73 Å². The van der Waals surface area contributed by atoms with Gasteiger partial charge in [0.25, 0.3) is 0 Å². The van der Waals surface area contributed by atoms with Gasteiger partial charge >= 0.3 is 0 Å². The van der Waals surface area contributed by atoms with E-state index in [0.717, 1.165) is 5.69 Å². The first-order valence-electron chi connectivity index (χ1n) is 4.28. The summed E-state index contributed by atoms with van der Waals surface area (Å²) in [4.78, 5) is 1.27. The summed E-state index contributed by atoms with van der Waals surface area (Å²) in [5.74, 6) is 0. The third-order valence-electron chi connectivity index (χ3n) is 2.05. The van der Waals surface area contributed by atoms with Crippen LogP contribution in [0.3, 0.4) is 0 Å². The molecule has 2 N–H and O–H groups in total. The lowest BCUT2D eigenvalue weighted by molar-refractivity contribution is 1.53. The second-order valence-corrected chi connectivity index (χ2v) is 5.56. The van der Waals surface area contributed by atoms with E-state index in [4.69, 9.17) is 5.73 Å². The van der Waals surface area contributed by atoms with Gasteiger partial charge in [-0.25, -0.2) is 0 Å². The summed E-state index contributed by atoms with van der Waals surface area (Å²) >= 11 is 5.27. The standard InChI is InChI=1S/C11H10BrNS/c1-7-6-10(14-11(7)12)8-2-4-9(13)5-3-8/h2-6H,13H2,1H3. The molecule has 0 aliphatic heterocycles. The van der Waals surface area contributed by atoms with Crippen molar-refractivity contribution < 1.29 is 0 Å². The molecule has 0 atom stereocenters. The first kappa shape index (κ1) is 9.74. The van der Waals surface area contributed by atoms with Crippen molar-refractivity contribution >= 4 is 33.0 Å². The Kier molecular flexibility index (Phi) is 2.61. The summed E-state index contributed by atoms with van der Waals surface area (Å²) in [6.45, 7) is 2.10. The van der Waals surface area contributed by atoms with Crippen LogP contribution in [0.2, 0.25) is 0 Å². The van der Waals surface area contributed by atoms with E-state index < -0.39 is 0 Å². The van der Waals surface area contributed by atoms with Crippen molar-refractivity contribution in [3.8, 4) is 10.4 Å². The maximum atomic E-state index is 5.63. The normalized spacial score (nSPS) is 10.4. The van der Waals surface area contributed by atoms with Crippen LogP contribution in [0.15, 0.2) is 34.1 Å². The van der Waals surface area contributed by atoms with Gasteiger partial charge in [-0.05, 0) is 52.2 Å². The van der Waals surface area contributed by atoms with Crippen LogP contribution in [0.1, 0.15) is 5.56 Å². The minimum Gasteiger partial charge on any atom is -0.399 e.